The van der Waals surface area contributed by atoms with Crippen molar-refractivity contribution in [1.82, 2.24) is 0 Å². The minimum absolute atomic E-state index is 0.156. The molecule has 6 heteroatoms. The summed E-state index contributed by atoms with van der Waals surface area (Å²) >= 11 is 3.00. The molecule has 1 aromatic heterocycles. The van der Waals surface area contributed by atoms with Gasteiger partial charge in [0.25, 0.3) is 0 Å². The lowest BCUT2D eigenvalue weighted by Gasteiger charge is -2.10. The Labute approximate surface area is 102 Å². The normalized spacial score (nSPS) is 11.8. The smallest absolute Gasteiger partial charge is 0.419 e. The fourth-order valence-corrected chi connectivity index (χ4v) is 1.90. The van der Waals surface area contributed by atoms with E-state index in [-0.39, 0.29) is 15.8 Å². The van der Waals surface area contributed by atoms with Crippen LogP contribution in [0.1, 0.15) is 5.56 Å². The second-order valence-electron chi connectivity index (χ2n) is 3.29. The average Bonchev–Trinajstić information content (AvgIpc) is 2.68. The Morgan fingerprint density at radius 1 is 1.18 bits per heavy atom. The molecular weight excluding hydrogens is 304 g/mol. The minimum Gasteiger partial charge on any atom is -0.464 e. The SMILES string of the molecule is Fc1cc(Br)c(-c2ccco2)cc1C(F)(F)F. The second kappa shape index (κ2) is 4.18. The van der Waals surface area contributed by atoms with Gasteiger partial charge in [-0.2, -0.15) is 13.2 Å². The van der Waals surface area contributed by atoms with Crippen molar-refractivity contribution in [2.45, 2.75) is 6.18 Å². The Morgan fingerprint density at radius 3 is 2.41 bits per heavy atom. The lowest BCUT2D eigenvalue weighted by atomic mass is 10.1. The molecule has 0 aliphatic heterocycles. The van der Waals surface area contributed by atoms with Gasteiger partial charge in [0.2, 0.25) is 0 Å². The van der Waals surface area contributed by atoms with E-state index in [4.69, 9.17) is 4.42 Å². The molecule has 2 rings (SSSR count). The van der Waals surface area contributed by atoms with Crippen molar-refractivity contribution in [1.29, 1.82) is 0 Å². The highest BCUT2D eigenvalue weighted by molar-refractivity contribution is 9.10. The van der Waals surface area contributed by atoms with Crippen LogP contribution in [0.25, 0.3) is 11.3 Å². The summed E-state index contributed by atoms with van der Waals surface area (Å²) in [6.45, 7) is 0. The first-order valence-electron chi connectivity index (χ1n) is 4.49. The lowest BCUT2D eigenvalue weighted by molar-refractivity contribution is -0.139. The fourth-order valence-electron chi connectivity index (χ4n) is 1.39. The number of furan rings is 1. The largest absolute Gasteiger partial charge is 0.464 e. The fraction of sp³-hybridized carbons (Fsp3) is 0.0909. The molecule has 0 saturated carbocycles. The first-order valence-corrected chi connectivity index (χ1v) is 5.29. The van der Waals surface area contributed by atoms with Gasteiger partial charge in [-0.05, 0) is 40.2 Å². The van der Waals surface area contributed by atoms with Crippen LogP contribution >= 0.6 is 15.9 Å². The van der Waals surface area contributed by atoms with Crippen molar-refractivity contribution in [2.75, 3.05) is 0 Å². The monoisotopic (exact) mass is 308 g/mol. The molecule has 1 heterocycles. The third-order valence-electron chi connectivity index (χ3n) is 2.15. The van der Waals surface area contributed by atoms with Gasteiger partial charge in [-0.25, -0.2) is 4.39 Å². The van der Waals surface area contributed by atoms with E-state index in [0.717, 1.165) is 12.1 Å². The van der Waals surface area contributed by atoms with E-state index in [1.165, 1.54) is 12.3 Å². The highest BCUT2D eigenvalue weighted by Gasteiger charge is 2.35. The summed E-state index contributed by atoms with van der Waals surface area (Å²) < 4.78 is 55.9. The molecule has 0 aliphatic carbocycles. The van der Waals surface area contributed by atoms with Crippen LogP contribution in [0.4, 0.5) is 17.6 Å². The van der Waals surface area contributed by atoms with Crippen molar-refractivity contribution >= 4 is 15.9 Å². The summed E-state index contributed by atoms with van der Waals surface area (Å²) in [6, 6.07) is 4.54. The molecule has 2 aromatic rings. The Kier molecular flexibility index (Phi) is 2.99. The summed E-state index contributed by atoms with van der Waals surface area (Å²) in [6.07, 6.45) is -3.40. The Balaban J connectivity index is 2.62. The van der Waals surface area contributed by atoms with Crippen LogP contribution in [0.2, 0.25) is 0 Å². The van der Waals surface area contributed by atoms with Gasteiger partial charge < -0.3 is 4.42 Å². The van der Waals surface area contributed by atoms with Gasteiger partial charge in [0.05, 0.1) is 11.8 Å². The number of hydrogen-bond donors (Lipinski definition) is 0. The van der Waals surface area contributed by atoms with Crippen LogP contribution in [-0.4, -0.2) is 0 Å². The van der Waals surface area contributed by atoms with E-state index in [0.29, 0.717) is 0 Å². The molecule has 0 unspecified atom stereocenters. The zero-order valence-corrected chi connectivity index (χ0v) is 9.77. The predicted molar refractivity (Wildman–Crippen MR) is 56.8 cm³/mol. The van der Waals surface area contributed by atoms with E-state index in [1.54, 1.807) is 6.07 Å². The molecule has 1 aromatic carbocycles. The summed E-state index contributed by atoms with van der Waals surface area (Å²) in [4.78, 5) is 0. The van der Waals surface area contributed by atoms with E-state index in [9.17, 15) is 17.6 Å². The van der Waals surface area contributed by atoms with Gasteiger partial charge in [0.15, 0.2) is 0 Å². The molecule has 1 nitrogen and oxygen atoms in total. The molecule has 0 radical (unpaired) electrons. The van der Waals surface area contributed by atoms with Gasteiger partial charge in [0, 0.05) is 10.0 Å². The molecule has 0 saturated heterocycles. The highest BCUT2D eigenvalue weighted by Crippen LogP contribution is 2.37. The first-order chi connectivity index (χ1) is 7.89. The maximum Gasteiger partial charge on any atom is 0.419 e. The first kappa shape index (κ1) is 12.2. The van der Waals surface area contributed by atoms with Crippen LogP contribution in [0, 0.1) is 5.82 Å². The van der Waals surface area contributed by atoms with E-state index < -0.39 is 17.6 Å². The van der Waals surface area contributed by atoms with Crippen LogP contribution < -0.4 is 0 Å². The third kappa shape index (κ3) is 2.36. The molecule has 0 aliphatic rings. The topological polar surface area (TPSA) is 13.1 Å². The van der Waals surface area contributed by atoms with Gasteiger partial charge in [-0.15, -0.1) is 0 Å². The Bertz CT molecular complexity index is 531. The molecule has 0 atom stereocenters. The lowest BCUT2D eigenvalue weighted by Crippen LogP contribution is -2.08. The summed E-state index contributed by atoms with van der Waals surface area (Å²) in [5.74, 6) is -1.08. The molecule has 0 amide bonds. The molecular formula is C11H5BrF4O. The molecule has 0 spiro atoms. The van der Waals surface area contributed by atoms with Gasteiger partial charge in [0.1, 0.15) is 11.6 Å². The summed E-state index contributed by atoms with van der Waals surface area (Å²) in [5, 5.41) is 0. The average molecular weight is 309 g/mol. The van der Waals surface area contributed by atoms with E-state index in [1.807, 2.05) is 0 Å². The quantitative estimate of drug-likeness (QED) is 0.685. The summed E-state index contributed by atoms with van der Waals surface area (Å²) in [5.41, 5.74) is -1.16. The maximum absolute atomic E-state index is 13.2. The third-order valence-corrected chi connectivity index (χ3v) is 2.80. The highest BCUT2D eigenvalue weighted by atomic mass is 79.9. The van der Waals surface area contributed by atoms with Crippen molar-refractivity contribution in [3.05, 3.63) is 46.4 Å². The van der Waals surface area contributed by atoms with Crippen LogP contribution in [0.15, 0.2) is 39.4 Å². The van der Waals surface area contributed by atoms with E-state index in [2.05, 4.69) is 15.9 Å². The van der Waals surface area contributed by atoms with Crippen LogP contribution in [0.5, 0.6) is 0 Å². The minimum atomic E-state index is -4.73. The number of halogens is 5. The Hall–Kier alpha value is -1.30. The van der Waals surface area contributed by atoms with Gasteiger partial charge >= 0.3 is 6.18 Å². The number of benzene rings is 1. The maximum atomic E-state index is 13.2. The van der Waals surface area contributed by atoms with Crippen molar-refractivity contribution in [2.24, 2.45) is 0 Å². The molecule has 90 valence electrons. The molecule has 17 heavy (non-hydrogen) atoms. The molecule has 0 bridgehead atoms. The zero-order chi connectivity index (χ0) is 12.6. The molecule has 0 N–H and O–H groups in total. The van der Waals surface area contributed by atoms with Crippen molar-refractivity contribution in [3.8, 4) is 11.3 Å². The van der Waals surface area contributed by atoms with Crippen molar-refractivity contribution < 1.29 is 22.0 Å². The van der Waals surface area contributed by atoms with Crippen molar-refractivity contribution in [3.63, 3.8) is 0 Å². The molecule has 0 fully saturated rings. The van der Waals surface area contributed by atoms with Crippen LogP contribution in [-0.2, 0) is 6.18 Å². The van der Waals surface area contributed by atoms with Crippen LogP contribution in [0.3, 0.4) is 0 Å². The van der Waals surface area contributed by atoms with Gasteiger partial charge in [-0.3, -0.25) is 0 Å². The Morgan fingerprint density at radius 2 is 1.88 bits per heavy atom. The number of rotatable bonds is 1. The number of hydrogen-bond acceptors (Lipinski definition) is 1. The number of alkyl halides is 3. The van der Waals surface area contributed by atoms with Gasteiger partial charge in [-0.1, -0.05) is 0 Å². The standard InChI is InChI=1S/C11H5BrF4O/c12-8-5-9(13)7(11(14,15)16)4-6(8)10-2-1-3-17-10/h1-5H. The predicted octanol–water partition coefficient (Wildman–Crippen LogP) is 4.87. The van der Waals surface area contributed by atoms with E-state index >= 15 is 0 Å². The second-order valence-corrected chi connectivity index (χ2v) is 4.14. The zero-order valence-electron chi connectivity index (χ0n) is 8.18. The summed E-state index contributed by atoms with van der Waals surface area (Å²) in [7, 11) is 0.